The van der Waals surface area contributed by atoms with Crippen LogP contribution in [0.4, 0.5) is 10.8 Å². The van der Waals surface area contributed by atoms with Crippen LogP contribution in [0.5, 0.6) is 0 Å². The molecule has 0 amide bonds. The molecule has 0 saturated heterocycles. The Hall–Kier alpha value is -0.820. The maximum atomic E-state index is 12.2. The summed E-state index contributed by atoms with van der Waals surface area (Å²) in [4.78, 5) is 0.170. The fourth-order valence-corrected chi connectivity index (χ4v) is 4.21. The van der Waals surface area contributed by atoms with E-state index >= 15 is 0 Å². The number of rotatable bonds is 7. The van der Waals surface area contributed by atoms with E-state index in [1.165, 1.54) is 0 Å². The molecule has 0 saturated carbocycles. The standard InChI is InChI=1S/C13H25N3O2S2/c1-6-7-20(17,18)10-11(14)16-19-12(10)15-8-13(4,5)9(2)3/h9,15H,6-8H2,1-5H3,(H2,14,16). The van der Waals surface area contributed by atoms with Crippen molar-refractivity contribution in [2.45, 2.75) is 45.9 Å². The number of nitrogen functional groups attached to an aromatic ring is 1. The predicted octanol–water partition coefficient (Wildman–Crippen LogP) is 3.00. The summed E-state index contributed by atoms with van der Waals surface area (Å²) in [6, 6.07) is 0. The number of hydrogen-bond acceptors (Lipinski definition) is 6. The van der Waals surface area contributed by atoms with Gasteiger partial charge in [0.15, 0.2) is 15.7 Å². The van der Waals surface area contributed by atoms with Crippen molar-refractivity contribution in [2.24, 2.45) is 11.3 Å². The second kappa shape index (κ2) is 6.30. The van der Waals surface area contributed by atoms with E-state index in [1.807, 2.05) is 6.92 Å². The molecular formula is C13H25N3O2S2. The molecular weight excluding hydrogens is 294 g/mol. The molecule has 0 bridgehead atoms. The zero-order chi connectivity index (χ0) is 15.6. The lowest BCUT2D eigenvalue weighted by Crippen LogP contribution is -2.28. The van der Waals surface area contributed by atoms with Gasteiger partial charge in [0.25, 0.3) is 0 Å². The van der Waals surface area contributed by atoms with Crippen LogP contribution < -0.4 is 11.1 Å². The predicted molar refractivity (Wildman–Crippen MR) is 86.0 cm³/mol. The Kier molecular flexibility index (Phi) is 5.43. The summed E-state index contributed by atoms with van der Waals surface area (Å²) in [6.07, 6.45) is 0.564. The average molecular weight is 319 g/mol. The van der Waals surface area contributed by atoms with E-state index < -0.39 is 9.84 Å². The first-order valence-corrected chi connectivity index (χ1v) is 9.26. The molecule has 116 valence electrons. The molecule has 1 aromatic heterocycles. The van der Waals surface area contributed by atoms with E-state index in [1.54, 1.807) is 0 Å². The van der Waals surface area contributed by atoms with Gasteiger partial charge in [0.2, 0.25) is 0 Å². The number of nitrogens with zero attached hydrogens (tertiary/aromatic N) is 1. The summed E-state index contributed by atoms with van der Waals surface area (Å²) in [6.45, 7) is 11.1. The minimum atomic E-state index is -3.36. The SMILES string of the molecule is CCCS(=O)(=O)c1c(N)nsc1NCC(C)(C)C(C)C. The van der Waals surface area contributed by atoms with Gasteiger partial charge in [0.05, 0.1) is 5.75 Å². The van der Waals surface area contributed by atoms with Gasteiger partial charge in [-0.15, -0.1) is 0 Å². The number of sulfone groups is 1. The Morgan fingerprint density at radius 3 is 2.50 bits per heavy atom. The zero-order valence-electron chi connectivity index (χ0n) is 12.9. The molecule has 0 atom stereocenters. The first-order valence-electron chi connectivity index (χ1n) is 6.83. The quantitative estimate of drug-likeness (QED) is 0.807. The molecule has 0 aliphatic rings. The lowest BCUT2D eigenvalue weighted by Gasteiger charge is -2.29. The third kappa shape index (κ3) is 3.85. The lowest BCUT2D eigenvalue weighted by atomic mass is 9.81. The highest BCUT2D eigenvalue weighted by molar-refractivity contribution is 7.91. The van der Waals surface area contributed by atoms with Crippen LogP contribution in [0.25, 0.3) is 0 Å². The summed E-state index contributed by atoms with van der Waals surface area (Å²) >= 11 is 1.12. The van der Waals surface area contributed by atoms with Gasteiger partial charge in [-0.1, -0.05) is 34.6 Å². The number of nitrogens with one attached hydrogen (secondary N) is 1. The molecule has 5 nitrogen and oxygen atoms in total. The Labute approximate surface area is 126 Å². The van der Waals surface area contributed by atoms with Gasteiger partial charge >= 0.3 is 0 Å². The molecule has 0 radical (unpaired) electrons. The van der Waals surface area contributed by atoms with E-state index in [0.29, 0.717) is 23.9 Å². The smallest absolute Gasteiger partial charge is 0.185 e. The summed E-state index contributed by atoms with van der Waals surface area (Å²) in [7, 11) is -3.36. The molecule has 0 fully saturated rings. The largest absolute Gasteiger partial charge is 0.382 e. The molecule has 3 N–H and O–H groups in total. The highest BCUT2D eigenvalue weighted by Crippen LogP contribution is 2.34. The number of hydrogen-bond donors (Lipinski definition) is 2. The van der Waals surface area contributed by atoms with Gasteiger partial charge in [-0.3, -0.25) is 0 Å². The van der Waals surface area contributed by atoms with E-state index in [-0.39, 0.29) is 21.9 Å². The van der Waals surface area contributed by atoms with Crippen molar-refractivity contribution in [3.05, 3.63) is 0 Å². The minimum absolute atomic E-state index is 0.0601. The van der Waals surface area contributed by atoms with Crippen molar-refractivity contribution < 1.29 is 8.42 Å². The van der Waals surface area contributed by atoms with E-state index in [4.69, 9.17) is 5.73 Å². The molecule has 0 unspecified atom stereocenters. The molecule has 0 spiro atoms. The van der Waals surface area contributed by atoms with Crippen LogP contribution in [0.2, 0.25) is 0 Å². The summed E-state index contributed by atoms with van der Waals surface area (Å²) in [5.41, 5.74) is 5.80. The fourth-order valence-electron chi connectivity index (χ4n) is 1.59. The molecule has 0 aliphatic carbocycles. The molecule has 1 aromatic rings. The topological polar surface area (TPSA) is 85.1 Å². The number of nitrogens with two attached hydrogens (primary N) is 1. The van der Waals surface area contributed by atoms with Crippen LogP contribution >= 0.6 is 11.5 Å². The van der Waals surface area contributed by atoms with Crippen LogP contribution in [-0.2, 0) is 9.84 Å². The molecule has 0 aliphatic heterocycles. The van der Waals surface area contributed by atoms with Crippen molar-refractivity contribution in [1.82, 2.24) is 4.37 Å². The first kappa shape index (κ1) is 17.2. The second-order valence-electron chi connectivity index (χ2n) is 6.04. The van der Waals surface area contributed by atoms with Crippen LogP contribution in [-0.4, -0.2) is 25.1 Å². The summed E-state index contributed by atoms with van der Waals surface area (Å²) < 4.78 is 28.5. The van der Waals surface area contributed by atoms with Crippen LogP contribution in [0, 0.1) is 11.3 Å². The number of anilines is 2. The highest BCUT2D eigenvalue weighted by Gasteiger charge is 2.27. The van der Waals surface area contributed by atoms with Gasteiger partial charge in [-0.25, -0.2) is 8.42 Å². The maximum absolute atomic E-state index is 12.2. The van der Waals surface area contributed by atoms with Gasteiger partial charge in [0.1, 0.15) is 9.90 Å². The Bertz CT molecular complexity index is 548. The maximum Gasteiger partial charge on any atom is 0.185 e. The van der Waals surface area contributed by atoms with Crippen molar-refractivity contribution in [1.29, 1.82) is 0 Å². The van der Waals surface area contributed by atoms with Gasteiger partial charge in [-0.05, 0) is 29.3 Å². The third-order valence-electron chi connectivity index (χ3n) is 3.73. The van der Waals surface area contributed by atoms with Gasteiger partial charge in [-0.2, -0.15) is 4.37 Å². The first-order chi connectivity index (χ1) is 9.12. The molecule has 1 rings (SSSR count). The van der Waals surface area contributed by atoms with Gasteiger partial charge < -0.3 is 11.1 Å². The molecule has 0 aromatic carbocycles. The minimum Gasteiger partial charge on any atom is -0.382 e. The second-order valence-corrected chi connectivity index (χ2v) is 8.86. The normalized spacial score (nSPS) is 12.9. The fraction of sp³-hybridized carbons (Fsp3) is 0.769. The molecule has 1 heterocycles. The van der Waals surface area contributed by atoms with E-state index in [0.717, 1.165) is 11.5 Å². The van der Waals surface area contributed by atoms with Gasteiger partial charge in [0, 0.05) is 6.54 Å². The molecule has 7 heteroatoms. The monoisotopic (exact) mass is 319 g/mol. The van der Waals surface area contributed by atoms with E-state index in [9.17, 15) is 8.42 Å². The Morgan fingerprint density at radius 2 is 2.00 bits per heavy atom. The van der Waals surface area contributed by atoms with Crippen LogP contribution in [0.1, 0.15) is 41.0 Å². The van der Waals surface area contributed by atoms with Crippen LogP contribution in [0.15, 0.2) is 4.90 Å². The van der Waals surface area contributed by atoms with Crippen molar-refractivity contribution in [3.8, 4) is 0 Å². The zero-order valence-corrected chi connectivity index (χ0v) is 14.5. The van der Waals surface area contributed by atoms with E-state index in [2.05, 4.69) is 37.4 Å². The van der Waals surface area contributed by atoms with Crippen molar-refractivity contribution >= 4 is 32.2 Å². The lowest BCUT2D eigenvalue weighted by molar-refractivity contribution is 0.270. The van der Waals surface area contributed by atoms with Crippen LogP contribution in [0.3, 0.4) is 0 Å². The Balaban J connectivity index is 3.00. The molecule has 20 heavy (non-hydrogen) atoms. The van der Waals surface area contributed by atoms with Crippen molar-refractivity contribution in [3.63, 3.8) is 0 Å². The number of aromatic nitrogens is 1. The highest BCUT2D eigenvalue weighted by atomic mass is 32.2. The average Bonchev–Trinajstić information content (AvgIpc) is 2.68. The Morgan fingerprint density at radius 1 is 1.40 bits per heavy atom. The summed E-state index contributed by atoms with van der Waals surface area (Å²) in [5, 5.41) is 3.78. The summed E-state index contributed by atoms with van der Waals surface area (Å²) in [5.74, 6) is 0.682. The third-order valence-corrected chi connectivity index (χ3v) is 6.65. The van der Waals surface area contributed by atoms with Crippen molar-refractivity contribution in [2.75, 3.05) is 23.3 Å².